The van der Waals surface area contributed by atoms with E-state index >= 15 is 0 Å². The fourth-order valence-corrected chi connectivity index (χ4v) is 4.32. The van der Waals surface area contributed by atoms with Crippen LogP contribution in [0.2, 0.25) is 5.02 Å². The molecule has 4 rings (SSSR count). The second-order valence-corrected chi connectivity index (χ2v) is 8.81. The van der Waals surface area contributed by atoms with Crippen molar-refractivity contribution in [2.45, 2.75) is 11.3 Å². The summed E-state index contributed by atoms with van der Waals surface area (Å²) in [6, 6.07) is 14.3. The molecule has 3 aromatic rings. The maximum absolute atomic E-state index is 12.9. The molecule has 29 heavy (non-hydrogen) atoms. The van der Waals surface area contributed by atoms with Gasteiger partial charge in [-0.1, -0.05) is 11.6 Å². The number of pyridine rings is 1. The van der Waals surface area contributed by atoms with E-state index in [9.17, 15) is 13.2 Å². The molecule has 8 heteroatoms. The van der Waals surface area contributed by atoms with Crippen LogP contribution >= 0.6 is 11.6 Å². The summed E-state index contributed by atoms with van der Waals surface area (Å²) in [5.74, 6) is -0.347. The number of benzene rings is 2. The van der Waals surface area contributed by atoms with Crippen LogP contribution in [0.4, 0.5) is 11.4 Å². The topological polar surface area (TPSA) is 79.4 Å². The van der Waals surface area contributed by atoms with Crippen LogP contribution in [0.1, 0.15) is 22.3 Å². The first-order valence-corrected chi connectivity index (χ1v) is 10.9. The Morgan fingerprint density at radius 1 is 1.00 bits per heavy atom. The lowest BCUT2D eigenvalue weighted by Gasteiger charge is -2.33. The van der Waals surface area contributed by atoms with Gasteiger partial charge in [0.2, 0.25) is 0 Å². The number of carbonyl (C=O) groups is 1. The van der Waals surface area contributed by atoms with Crippen molar-refractivity contribution in [3.63, 3.8) is 0 Å². The van der Waals surface area contributed by atoms with E-state index in [1.54, 1.807) is 36.4 Å². The normalized spacial score (nSPS) is 13.6. The third kappa shape index (κ3) is 4.11. The summed E-state index contributed by atoms with van der Waals surface area (Å²) < 4.78 is 28.3. The molecule has 0 unspecified atom stereocenters. The second-order valence-electron chi connectivity index (χ2n) is 6.69. The summed E-state index contributed by atoms with van der Waals surface area (Å²) in [6.07, 6.45) is 4.15. The number of nitrogens with zero attached hydrogens (tertiary/aromatic N) is 2. The number of hydrogen-bond acceptors (Lipinski definition) is 5. The number of halogens is 1. The van der Waals surface area contributed by atoms with Crippen molar-refractivity contribution in [2.24, 2.45) is 0 Å². The molecule has 0 aliphatic carbocycles. The van der Waals surface area contributed by atoms with Crippen molar-refractivity contribution < 1.29 is 13.2 Å². The number of sulfonamides is 1. The molecule has 2 aromatic carbocycles. The van der Waals surface area contributed by atoms with Crippen LogP contribution in [0.5, 0.6) is 0 Å². The maximum Gasteiger partial charge on any atom is 0.261 e. The molecule has 148 valence electrons. The molecule has 1 fully saturated rings. The summed E-state index contributed by atoms with van der Waals surface area (Å²) in [4.78, 5) is 19.1. The standard InChI is InChI=1S/C21H18ClN3O3S/c22-16-2-7-20(19(14-16)21(26)15-8-10-23-11-9-15)24-29(27,28)18-5-3-17(4-6-18)25-12-1-13-25/h2-11,14,24H,1,12-13H2. The van der Waals surface area contributed by atoms with E-state index in [0.717, 1.165) is 25.2 Å². The first-order valence-electron chi connectivity index (χ1n) is 9.06. The maximum atomic E-state index is 12.9. The molecule has 0 amide bonds. The highest BCUT2D eigenvalue weighted by Crippen LogP contribution is 2.27. The highest BCUT2D eigenvalue weighted by molar-refractivity contribution is 7.92. The summed E-state index contributed by atoms with van der Waals surface area (Å²) in [7, 11) is -3.87. The molecule has 6 nitrogen and oxygen atoms in total. The quantitative estimate of drug-likeness (QED) is 0.602. The molecule has 0 spiro atoms. The molecule has 1 aliphatic heterocycles. The van der Waals surface area contributed by atoms with E-state index < -0.39 is 10.0 Å². The monoisotopic (exact) mass is 427 g/mol. The minimum absolute atomic E-state index is 0.124. The summed E-state index contributed by atoms with van der Waals surface area (Å²) >= 11 is 6.06. The second kappa shape index (κ2) is 7.85. The first-order chi connectivity index (χ1) is 13.9. The molecule has 1 aromatic heterocycles. The fourth-order valence-electron chi connectivity index (χ4n) is 3.07. The Hall–Kier alpha value is -2.90. The van der Waals surface area contributed by atoms with Gasteiger partial charge in [-0.3, -0.25) is 14.5 Å². The molecule has 1 saturated heterocycles. The highest BCUT2D eigenvalue weighted by Gasteiger charge is 2.21. The van der Waals surface area contributed by atoms with Crippen LogP contribution in [0.25, 0.3) is 0 Å². The van der Waals surface area contributed by atoms with Gasteiger partial charge >= 0.3 is 0 Å². The van der Waals surface area contributed by atoms with Crippen LogP contribution in [-0.2, 0) is 10.0 Å². The minimum Gasteiger partial charge on any atom is -0.371 e. The molecule has 0 saturated carbocycles. The predicted molar refractivity (Wildman–Crippen MR) is 113 cm³/mol. The third-order valence-electron chi connectivity index (χ3n) is 4.78. The summed E-state index contributed by atoms with van der Waals surface area (Å²) in [5.41, 5.74) is 1.73. The Morgan fingerprint density at radius 3 is 2.31 bits per heavy atom. The van der Waals surface area contributed by atoms with Crippen molar-refractivity contribution in [2.75, 3.05) is 22.7 Å². The lowest BCUT2D eigenvalue weighted by atomic mass is 10.0. The lowest BCUT2D eigenvalue weighted by molar-refractivity contribution is 0.103. The zero-order chi connectivity index (χ0) is 20.4. The van der Waals surface area contributed by atoms with Gasteiger partial charge < -0.3 is 4.90 Å². The molecule has 1 aliphatic rings. The SMILES string of the molecule is O=C(c1ccncc1)c1cc(Cl)ccc1NS(=O)(=O)c1ccc(N2CCC2)cc1. The van der Waals surface area contributed by atoms with Gasteiger partial charge in [0.15, 0.2) is 5.78 Å². The summed E-state index contributed by atoms with van der Waals surface area (Å²) in [6.45, 7) is 1.96. The number of hydrogen-bond donors (Lipinski definition) is 1. The minimum atomic E-state index is -3.87. The van der Waals surface area contributed by atoms with Crippen molar-refractivity contribution in [1.29, 1.82) is 0 Å². The number of carbonyl (C=O) groups excluding carboxylic acids is 1. The van der Waals surface area contributed by atoms with Crippen molar-refractivity contribution in [1.82, 2.24) is 4.98 Å². The van der Waals surface area contributed by atoms with Crippen LogP contribution in [-0.4, -0.2) is 32.3 Å². The van der Waals surface area contributed by atoms with Gasteiger partial charge in [-0.05, 0) is 61.0 Å². The van der Waals surface area contributed by atoms with Gasteiger partial charge in [-0.25, -0.2) is 8.42 Å². The van der Waals surface area contributed by atoms with Crippen LogP contribution in [0.15, 0.2) is 71.9 Å². The van der Waals surface area contributed by atoms with Gasteiger partial charge in [-0.15, -0.1) is 0 Å². The Balaban J connectivity index is 1.64. The number of ketones is 1. The average Bonchev–Trinajstić information content (AvgIpc) is 2.68. The number of rotatable bonds is 6. The largest absolute Gasteiger partial charge is 0.371 e. The molecule has 0 radical (unpaired) electrons. The lowest BCUT2D eigenvalue weighted by Crippen LogP contribution is -2.36. The third-order valence-corrected chi connectivity index (χ3v) is 6.40. The van der Waals surface area contributed by atoms with E-state index in [2.05, 4.69) is 14.6 Å². The molecule has 0 atom stereocenters. The van der Waals surface area contributed by atoms with Gasteiger partial charge in [0.25, 0.3) is 10.0 Å². The fraction of sp³-hybridized carbons (Fsp3) is 0.143. The molecule has 1 N–H and O–H groups in total. The first kappa shape index (κ1) is 19.4. The van der Waals surface area contributed by atoms with E-state index in [0.29, 0.717) is 10.6 Å². The van der Waals surface area contributed by atoms with Crippen molar-refractivity contribution >= 4 is 38.8 Å². The Kier molecular flexibility index (Phi) is 5.25. The number of anilines is 2. The van der Waals surface area contributed by atoms with Crippen LogP contribution in [0.3, 0.4) is 0 Å². The van der Waals surface area contributed by atoms with Crippen molar-refractivity contribution in [3.05, 3.63) is 83.1 Å². The van der Waals surface area contributed by atoms with Crippen LogP contribution < -0.4 is 9.62 Å². The number of aromatic nitrogens is 1. The van der Waals surface area contributed by atoms with Gasteiger partial charge in [0.05, 0.1) is 10.6 Å². The zero-order valence-electron chi connectivity index (χ0n) is 15.4. The zero-order valence-corrected chi connectivity index (χ0v) is 16.9. The van der Waals surface area contributed by atoms with Gasteiger partial charge in [-0.2, -0.15) is 0 Å². The van der Waals surface area contributed by atoms with E-state index in [4.69, 9.17) is 11.6 Å². The average molecular weight is 428 g/mol. The molecular formula is C21H18ClN3O3S. The molecular weight excluding hydrogens is 410 g/mol. The molecule has 2 heterocycles. The van der Waals surface area contributed by atoms with E-state index in [1.807, 2.05) is 0 Å². The predicted octanol–water partition coefficient (Wildman–Crippen LogP) is 3.98. The van der Waals surface area contributed by atoms with Gasteiger partial charge in [0, 0.05) is 47.3 Å². The Bertz CT molecular complexity index is 1150. The van der Waals surface area contributed by atoms with Gasteiger partial charge in [0.1, 0.15) is 0 Å². The van der Waals surface area contributed by atoms with E-state index in [-0.39, 0.29) is 21.9 Å². The number of nitrogens with one attached hydrogen (secondary N) is 1. The smallest absolute Gasteiger partial charge is 0.261 e. The van der Waals surface area contributed by atoms with E-state index in [1.165, 1.54) is 30.6 Å². The van der Waals surface area contributed by atoms with Crippen LogP contribution in [0, 0.1) is 0 Å². The molecule has 0 bridgehead atoms. The highest BCUT2D eigenvalue weighted by atomic mass is 35.5. The Morgan fingerprint density at radius 2 is 1.69 bits per heavy atom. The van der Waals surface area contributed by atoms with Crippen molar-refractivity contribution in [3.8, 4) is 0 Å². The Labute approximate surface area is 174 Å². The summed E-state index contributed by atoms with van der Waals surface area (Å²) in [5, 5.41) is 0.337.